The lowest BCUT2D eigenvalue weighted by Crippen LogP contribution is -2.23. The molecule has 0 aromatic heterocycles. The number of halogens is 2. The Morgan fingerprint density at radius 1 is 1.04 bits per heavy atom. The van der Waals surface area contributed by atoms with Gasteiger partial charge >= 0.3 is 5.97 Å². The van der Waals surface area contributed by atoms with Gasteiger partial charge in [-0.05, 0) is 42.5 Å². The maximum Gasteiger partial charge on any atom is 0.344 e. The Labute approximate surface area is 165 Å². The molecule has 11 heteroatoms. The van der Waals surface area contributed by atoms with Gasteiger partial charge in [0.1, 0.15) is 5.75 Å². The highest BCUT2D eigenvalue weighted by atomic mass is 35.5. The third kappa shape index (κ3) is 6.72. The highest BCUT2D eigenvalue weighted by molar-refractivity contribution is 7.89. The van der Waals surface area contributed by atoms with E-state index in [2.05, 4.69) is 5.32 Å². The van der Waals surface area contributed by atoms with E-state index >= 15 is 0 Å². The highest BCUT2D eigenvalue weighted by Gasteiger charge is 2.11. The minimum atomic E-state index is -3.82. The minimum absolute atomic E-state index is 0.0927. The summed E-state index contributed by atoms with van der Waals surface area (Å²) in [4.78, 5) is 23.3. The molecule has 0 unspecified atom stereocenters. The van der Waals surface area contributed by atoms with Crippen LogP contribution in [0.5, 0.6) is 5.75 Å². The predicted molar refractivity (Wildman–Crippen MR) is 99.4 cm³/mol. The smallest absolute Gasteiger partial charge is 0.344 e. The number of hydrogen-bond donors (Lipinski definition) is 2. The number of carbonyl (C=O) groups is 2. The number of rotatable bonds is 7. The monoisotopic (exact) mass is 432 g/mol. The molecule has 2 aromatic rings. The van der Waals surface area contributed by atoms with E-state index in [9.17, 15) is 18.0 Å². The molecule has 27 heavy (non-hydrogen) atoms. The van der Waals surface area contributed by atoms with Crippen LogP contribution in [0.25, 0.3) is 0 Å². The lowest BCUT2D eigenvalue weighted by molar-refractivity contribution is -0.149. The van der Waals surface area contributed by atoms with Crippen LogP contribution in [-0.4, -0.2) is 33.5 Å². The summed E-state index contributed by atoms with van der Waals surface area (Å²) in [5.41, 5.74) is 0.313. The molecule has 0 bridgehead atoms. The molecule has 0 heterocycles. The van der Waals surface area contributed by atoms with Crippen molar-refractivity contribution in [3.63, 3.8) is 0 Å². The van der Waals surface area contributed by atoms with E-state index in [1.54, 1.807) is 6.07 Å². The fourth-order valence-corrected chi connectivity index (χ4v) is 2.82. The number of anilines is 1. The quantitative estimate of drug-likeness (QED) is 0.645. The fraction of sp³-hybridized carbons (Fsp3) is 0.125. The Hall–Kier alpha value is -2.33. The van der Waals surface area contributed by atoms with Crippen molar-refractivity contribution in [2.45, 2.75) is 4.90 Å². The zero-order valence-electron chi connectivity index (χ0n) is 13.6. The van der Waals surface area contributed by atoms with Crippen molar-refractivity contribution in [3.05, 3.63) is 52.5 Å². The highest BCUT2D eigenvalue weighted by Crippen LogP contribution is 2.27. The third-order valence-corrected chi connectivity index (χ3v) is 4.53. The predicted octanol–water partition coefficient (Wildman–Crippen LogP) is 2.20. The first kappa shape index (κ1) is 21.0. The summed E-state index contributed by atoms with van der Waals surface area (Å²) >= 11 is 11.6. The summed E-state index contributed by atoms with van der Waals surface area (Å²) < 4.78 is 32.3. The van der Waals surface area contributed by atoms with E-state index in [1.807, 2.05) is 0 Å². The standard InChI is InChI=1S/C16H14Cl2N2O6S/c17-10-1-6-14(13(18)7-10)25-9-16(22)26-8-15(21)20-11-2-4-12(5-3-11)27(19,23)24/h1-7H,8-9H2,(H,20,21)(H2,19,23,24). The van der Waals surface area contributed by atoms with Crippen LogP contribution in [0.15, 0.2) is 47.4 Å². The molecule has 0 aliphatic heterocycles. The number of primary sulfonamides is 1. The van der Waals surface area contributed by atoms with Crippen molar-refractivity contribution in [2.24, 2.45) is 5.14 Å². The van der Waals surface area contributed by atoms with Crippen molar-refractivity contribution in [1.82, 2.24) is 0 Å². The molecular weight excluding hydrogens is 419 g/mol. The number of hydrogen-bond acceptors (Lipinski definition) is 6. The van der Waals surface area contributed by atoms with E-state index < -0.39 is 35.1 Å². The van der Waals surface area contributed by atoms with Crippen LogP contribution in [0.4, 0.5) is 5.69 Å². The fourth-order valence-electron chi connectivity index (χ4n) is 1.84. The maximum absolute atomic E-state index is 11.8. The molecule has 2 rings (SSSR count). The molecule has 2 aromatic carbocycles. The zero-order chi connectivity index (χ0) is 20.0. The van der Waals surface area contributed by atoms with Crippen molar-refractivity contribution < 1.29 is 27.5 Å². The summed E-state index contributed by atoms with van der Waals surface area (Å²) in [6, 6.07) is 9.68. The molecule has 8 nitrogen and oxygen atoms in total. The van der Waals surface area contributed by atoms with E-state index in [0.717, 1.165) is 0 Å². The van der Waals surface area contributed by atoms with Gasteiger partial charge in [-0.25, -0.2) is 18.4 Å². The Morgan fingerprint density at radius 3 is 2.30 bits per heavy atom. The van der Waals surface area contributed by atoms with E-state index in [4.69, 9.17) is 37.8 Å². The second-order valence-corrected chi connectivity index (χ2v) is 7.55. The van der Waals surface area contributed by atoms with Crippen molar-refractivity contribution in [3.8, 4) is 5.75 Å². The number of nitrogens with one attached hydrogen (secondary N) is 1. The van der Waals surface area contributed by atoms with Gasteiger partial charge in [0.05, 0.1) is 9.92 Å². The molecule has 0 spiro atoms. The van der Waals surface area contributed by atoms with Gasteiger partial charge in [0.2, 0.25) is 10.0 Å². The van der Waals surface area contributed by atoms with Crippen LogP contribution < -0.4 is 15.2 Å². The minimum Gasteiger partial charge on any atom is -0.480 e. The Balaban J connectivity index is 1.78. The Morgan fingerprint density at radius 2 is 1.70 bits per heavy atom. The summed E-state index contributed by atoms with van der Waals surface area (Å²) in [7, 11) is -3.82. The molecule has 0 atom stereocenters. The van der Waals surface area contributed by atoms with E-state index in [1.165, 1.54) is 36.4 Å². The van der Waals surface area contributed by atoms with Crippen LogP contribution in [0.3, 0.4) is 0 Å². The number of benzene rings is 2. The molecule has 0 saturated carbocycles. The Kier molecular flexibility index (Phi) is 7.03. The lowest BCUT2D eigenvalue weighted by Gasteiger charge is -2.09. The lowest BCUT2D eigenvalue weighted by atomic mass is 10.3. The normalized spacial score (nSPS) is 10.9. The van der Waals surface area contributed by atoms with Gasteiger partial charge in [0.25, 0.3) is 5.91 Å². The first-order valence-electron chi connectivity index (χ1n) is 7.31. The van der Waals surface area contributed by atoms with Gasteiger partial charge in [0, 0.05) is 10.7 Å². The molecule has 144 valence electrons. The average Bonchev–Trinajstić information content (AvgIpc) is 2.59. The Bertz CT molecular complexity index is 948. The van der Waals surface area contributed by atoms with Gasteiger partial charge in [0.15, 0.2) is 13.2 Å². The summed E-state index contributed by atoms with van der Waals surface area (Å²) in [6.07, 6.45) is 0. The summed E-state index contributed by atoms with van der Waals surface area (Å²) in [5, 5.41) is 8.07. The van der Waals surface area contributed by atoms with Crippen LogP contribution in [0.2, 0.25) is 10.0 Å². The third-order valence-electron chi connectivity index (χ3n) is 3.07. The second kappa shape index (κ2) is 9.05. The molecular formula is C16H14Cl2N2O6S. The number of sulfonamides is 1. The molecule has 0 aliphatic carbocycles. The van der Waals surface area contributed by atoms with Gasteiger partial charge in [-0.2, -0.15) is 0 Å². The molecule has 0 saturated heterocycles. The first-order valence-corrected chi connectivity index (χ1v) is 9.61. The second-order valence-electron chi connectivity index (χ2n) is 5.14. The first-order chi connectivity index (χ1) is 12.6. The number of amides is 1. The van der Waals surface area contributed by atoms with E-state index in [0.29, 0.717) is 10.7 Å². The zero-order valence-corrected chi connectivity index (χ0v) is 16.0. The largest absolute Gasteiger partial charge is 0.480 e. The van der Waals surface area contributed by atoms with Crippen LogP contribution in [0, 0.1) is 0 Å². The summed E-state index contributed by atoms with van der Waals surface area (Å²) in [6.45, 7) is -0.995. The number of nitrogens with two attached hydrogens (primary N) is 1. The van der Waals surface area contributed by atoms with Crippen molar-refractivity contribution in [1.29, 1.82) is 0 Å². The summed E-state index contributed by atoms with van der Waals surface area (Å²) in [5.74, 6) is -1.14. The average molecular weight is 433 g/mol. The van der Waals surface area contributed by atoms with Crippen LogP contribution in [-0.2, 0) is 24.3 Å². The number of esters is 1. The molecule has 3 N–H and O–H groups in total. The SMILES string of the molecule is NS(=O)(=O)c1ccc(NC(=O)COC(=O)COc2ccc(Cl)cc2Cl)cc1. The van der Waals surface area contributed by atoms with Gasteiger partial charge in [-0.1, -0.05) is 23.2 Å². The van der Waals surface area contributed by atoms with Gasteiger partial charge in [-0.15, -0.1) is 0 Å². The van der Waals surface area contributed by atoms with Gasteiger partial charge < -0.3 is 14.8 Å². The molecule has 0 aliphatic rings. The molecule has 0 radical (unpaired) electrons. The number of carbonyl (C=O) groups excluding carboxylic acids is 2. The van der Waals surface area contributed by atoms with Crippen LogP contribution in [0.1, 0.15) is 0 Å². The molecule has 0 fully saturated rings. The van der Waals surface area contributed by atoms with Crippen molar-refractivity contribution >= 4 is 50.8 Å². The topological polar surface area (TPSA) is 125 Å². The number of ether oxygens (including phenoxy) is 2. The van der Waals surface area contributed by atoms with E-state index in [-0.39, 0.29) is 15.7 Å². The van der Waals surface area contributed by atoms with Crippen molar-refractivity contribution in [2.75, 3.05) is 18.5 Å². The maximum atomic E-state index is 11.8. The molecule has 1 amide bonds. The van der Waals surface area contributed by atoms with Gasteiger partial charge in [-0.3, -0.25) is 4.79 Å². The van der Waals surface area contributed by atoms with Crippen LogP contribution >= 0.6 is 23.2 Å².